The van der Waals surface area contributed by atoms with Crippen LogP contribution in [0.15, 0.2) is 64.9 Å². The smallest absolute Gasteiger partial charge is 0.434 e. The summed E-state index contributed by atoms with van der Waals surface area (Å²) < 4.78 is 48.1. The molecule has 12 heteroatoms. The number of ether oxygens (including phenoxy) is 3. The SMILES string of the molecule is CCOC(=O)Oc1c2n(ccc1=O)N([C@@H]1c3ccccc3-c3sccc3-c3c1ccc(F)c3F)[C@@H]1COCCN1C2=O. The van der Waals surface area contributed by atoms with E-state index in [1.54, 1.807) is 29.0 Å². The molecule has 2 aromatic heterocycles. The van der Waals surface area contributed by atoms with Crippen LogP contribution in [0.4, 0.5) is 13.6 Å². The number of carbonyl (C=O) groups excluding carboxylic acids is 2. The van der Waals surface area contributed by atoms with Crippen LogP contribution in [0, 0.1) is 11.6 Å². The Morgan fingerprint density at radius 3 is 2.74 bits per heavy atom. The van der Waals surface area contributed by atoms with Gasteiger partial charge in [-0.25, -0.2) is 13.6 Å². The van der Waals surface area contributed by atoms with Gasteiger partial charge in [-0.3, -0.25) is 19.3 Å². The highest BCUT2D eigenvalue weighted by Crippen LogP contribution is 2.51. The van der Waals surface area contributed by atoms with Crippen molar-refractivity contribution in [2.75, 3.05) is 31.4 Å². The van der Waals surface area contributed by atoms with E-state index in [1.807, 2.05) is 29.6 Å². The lowest BCUT2D eigenvalue weighted by Crippen LogP contribution is -2.66. The van der Waals surface area contributed by atoms with Crippen LogP contribution in [0.3, 0.4) is 0 Å². The zero-order chi connectivity index (χ0) is 29.1. The Balaban J connectivity index is 1.54. The molecule has 7 rings (SSSR count). The number of amides is 1. The molecule has 0 bridgehead atoms. The van der Waals surface area contributed by atoms with Gasteiger partial charge in [-0.1, -0.05) is 30.3 Å². The third-order valence-corrected chi connectivity index (χ3v) is 8.67. The van der Waals surface area contributed by atoms with Crippen molar-refractivity contribution in [3.05, 3.63) is 98.8 Å². The van der Waals surface area contributed by atoms with E-state index in [0.717, 1.165) is 22.1 Å². The Hall–Kier alpha value is -4.55. The Labute approximate surface area is 242 Å². The number of aromatic nitrogens is 1. The number of benzene rings is 2. The van der Waals surface area contributed by atoms with E-state index >= 15 is 4.39 Å². The molecule has 4 heterocycles. The third-order valence-electron chi connectivity index (χ3n) is 7.72. The maximum atomic E-state index is 15.8. The second-order valence-corrected chi connectivity index (χ2v) is 10.8. The summed E-state index contributed by atoms with van der Waals surface area (Å²) in [6, 6.07) is 12.4. The first kappa shape index (κ1) is 26.4. The number of thiophene rings is 1. The maximum absolute atomic E-state index is 15.8. The normalized spacial score (nSPS) is 18.7. The van der Waals surface area contributed by atoms with Crippen molar-refractivity contribution < 1.29 is 32.6 Å². The average Bonchev–Trinajstić information content (AvgIpc) is 3.43. The molecule has 2 atom stereocenters. The van der Waals surface area contributed by atoms with Crippen LogP contribution < -0.4 is 15.2 Å². The monoisotopic (exact) mass is 591 g/mol. The molecule has 1 saturated heterocycles. The van der Waals surface area contributed by atoms with Gasteiger partial charge in [0.1, 0.15) is 6.17 Å². The van der Waals surface area contributed by atoms with Crippen molar-refractivity contribution in [1.29, 1.82) is 0 Å². The minimum absolute atomic E-state index is 0.00267. The summed E-state index contributed by atoms with van der Waals surface area (Å²) in [5, 5.41) is 3.64. The number of nitrogens with zero attached hydrogens (tertiary/aromatic N) is 3. The van der Waals surface area contributed by atoms with Gasteiger partial charge in [-0.2, -0.15) is 0 Å². The summed E-state index contributed by atoms with van der Waals surface area (Å²) >= 11 is 1.42. The van der Waals surface area contributed by atoms with Crippen molar-refractivity contribution in [2.45, 2.75) is 19.1 Å². The number of morpholine rings is 1. The van der Waals surface area contributed by atoms with Gasteiger partial charge in [0, 0.05) is 34.8 Å². The molecule has 1 fully saturated rings. The predicted octanol–water partition coefficient (Wildman–Crippen LogP) is 4.91. The van der Waals surface area contributed by atoms with Crippen molar-refractivity contribution in [3.63, 3.8) is 0 Å². The highest BCUT2D eigenvalue weighted by Gasteiger charge is 2.47. The number of fused-ring (bicyclic) bond motifs is 7. The first-order valence-corrected chi connectivity index (χ1v) is 14.2. The van der Waals surface area contributed by atoms with Gasteiger partial charge in [0.15, 0.2) is 17.3 Å². The average molecular weight is 592 g/mol. The standard InChI is InChI=1S/C30H23F2N3O6S/c1-2-40-30(38)41-27-21(36)9-11-34-26(27)29(37)33-12-13-39-15-22(33)35(34)25-16-5-3-4-6-17(16)28-19(10-14-42-28)23-18(25)7-8-20(31)24(23)32/h3-11,14,22,25H,2,12-13,15H2,1H3/t22-,25-/m1/s1. The summed E-state index contributed by atoms with van der Waals surface area (Å²) in [6.07, 6.45) is -0.409. The number of pyridine rings is 1. The van der Waals surface area contributed by atoms with Crippen molar-refractivity contribution >= 4 is 23.4 Å². The van der Waals surface area contributed by atoms with E-state index in [1.165, 1.54) is 28.3 Å². The highest BCUT2D eigenvalue weighted by atomic mass is 32.1. The molecule has 1 aliphatic carbocycles. The third kappa shape index (κ3) is 3.86. The van der Waals surface area contributed by atoms with Crippen LogP contribution in [-0.2, 0) is 9.47 Å². The van der Waals surface area contributed by atoms with Crippen LogP contribution in [0.2, 0.25) is 0 Å². The Kier molecular flexibility index (Phi) is 6.32. The highest BCUT2D eigenvalue weighted by molar-refractivity contribution is 7.14. The molecule has 0 spiro atoms. The molecule has 0 saturated carbocycles. The topological polar surface area (TPSA) is 90.3 Å². The van der Waals surface area contributed by atoms with Gasteiger partial charge in [-0.05, 0) is 41.1 Å². The van der Waals surface area contributed by atoms with E-state index in [-0.39, 0.29) is 37.6 Å². The van der Waals surface area contributed by atoms with Crippen molar-refractivity contribution in [3.8, 4) is 27.3 Å². The number of hydrogen-bond donors (Lipinski definition) is 0. The number of halogens is 2. The molecule has 0 N–H and O–H groups in total. The molecular weight excluding hydrogens is 568 g/mol. The number of rotatable bonds is 3. The fourth-order valence-electron chi connectivity index (χ4n) is 6.03. The summed E-state index contributed by atoms with van der Waals surface area (Å²) in [6.45, 7) is 2.12. The van der Waals surface area contributed by atoms with Gasteiger partial charge < -0.3 is 19.1 Å². The minimum Gasteiger partial charge on any atom is -0.434 e. The maximum Gasteiger partial charge on any atom is 0.514 e. The van der Waals surface area contributed by atoms with Crippen LogP contribution in [0.1, 0.15) is 34.6 Å². The van der Waals surface area contributed by atoms with E-state index in [2.05, 4.69) is 0 Å². The zero-order valence-corrected chi connectivity index (χ0v) is 23.0. The van der Waals surface area contributed by atoms with E-state index in [0.29, 0.717) is 11.1 Å². The lowest BCUT2D eigenvalue weighted by molar-refractivity contribution is -0.0197. The summed E-state index contributed by atoms with van der Waals surface area (Å²) in [5.74, 6) is -2.99. The van der Waals surface area contributed by atoms with Crippen molar-refractivity contribution in [1.82, 2.24) is 9.58 Å². The first-order chi connectivity index (χ1) is 20.4. The van der Waals surface area contributed by atoms with Gasteiger partial charge >= 0.3 is 6.16 Å². The molecule has 2 aromatic carbocycles. The van der Waals surface area contributed by atoms with E-state index in [9.17, 15) is 18.8 Å². The van der Waals surface area contributed by atoms with E-state index < -0.39 is 47.1 Å². The summed E-state index contributed by atoms with van der Waals surface area (Å²) in [7, 11) is 0. The molecule has 0 radical (unpaired) electrons. The van der Waals surface area contributed by atoms with Gasteiger partial charge in [-0.15, -0.1) is 11.3 Å². The summed E-state index contributed by atoms with van der Waals surface area (Å²) in [5.41, 5.74) is 1.82. The second kappa shape index (κ2) is 10.1. The molecular formula is C30H23F2N3O6S. The van der Waals surface area contributed by atoms with Gasteiger partial charge in [0.25, 0.3) is 5.91 Å². The van der Waals surface area contributed by atoms with Crippen LogP contribution in [0.25, 0.3) is 21.6 Å². The van der Waals surface area contributed by atoms with Crippen LogP contribution in [0.5, 0.6) is 5.75 Å². The zero-order valence-electron chi connectivity index (χ0n) is 22.2. The Morgan fingerprint density at radius 2 is 1.90 bits per heavy atom. The van der Waals surface area contributed by atoms with Crippen LogP contribution >= 0.6 is 11.3 Å². The lowest BCUT2D eigenvalue weighted by atomic mass is 9.92. The predicted molar refractivity (Wildman–Crippen MR) is 149 cm³/mol. The van der Waals surface area contributed by atoms with E-state index in [4.69, 9.17) is 14.2 Å². The molecule has 214 valence electrons. The molecule has 2 aliphatic heterocycles. The molecule has 42 heavy (non-hydrogen) atoms. The minimum atomic E-state index is -1.13. The van der Waals surface area contributed by atoms with Gasteiger partial charge in [0.05, 0.1) is 25.9 Å². The fraction of sp³-hybridized carbons (Fsp3) is 0.233. The fourth-order valence-corrected chi connectivity index (χ4v) is 6.98. The molecule has 1 amide bonds. The molecule has 3 aliphatic rings. The quantitative estimate of drug-likeness (QED) is 0.313. The lowest BCUT2D eigenvalue weighted by Gasteiger charge is -2.51. The Morgan fingerprint density at radius 1 is 1.07 bits per heavy atom. The summed E-state index contributed by atoms with van der Waals surface area (Å²) in [4.78, 5) is 41.6. The number of carbonyl (C=O) groups is 2. The van der Waals surface area contributed by atoms with Crippen LogP contribution in [-0.4, -0.2) is 54.2 Å². The van der Waals surface area contributed by atoms with Crippen molar-refractivity contribution in [2.24, 2.45) is 0 Å². The second-order valence-electron chi connectivity index (χ2n) is 9.90. The molecule has 0 unspecified atom stereocenters. The Bertz CT molecular complexity index is 1820. The largest absolute Gasteiger partial charge is 0.514 e. The first-order valence-electron chi connectivity index (χ1n) is 13.3. The number of hydrogen-bond acceptors (Lipinski definition) is 8. The molecule has 4 aromatic rings. The molecule has 9 nitrogen and oxygen atoms in total. The van der Waals surface area contributed by atoms with Gasteiger partial charge in [0.2, 0.25) is 11.2 Å².